The molecule has 0 aliphatic rings. The Morgan fingerprint density at radius 2 is 1.92 bits per heavy atom. The highest BCUT2D eigenvalue weighted by Gasteiger charge is 2.19. The SMILES string of the molecule is CCC(CC)n1c(=O)c(Cl)nc2ccc(-c3c(C)noc3C)nc21. The van der Waals surface area contributed by atoms with Crippen LogP contribution in [0.3, 0.4) is 0 Å². The zero-order valence-corrected chi connectivity index (χ0v) is 14.9. The van der Waals surface area contributed by atoms with Crippen molar-refractivity contribution in [3.63, 3.8) is 0 Å². The van der Waals surface area contributed by atoms with Crippen LogP contribution in [0.25, 0.3) is 22.4 Å². The minimum absolute atomic E-state index is 0.0212. The van der Waals surface area contributed by atoms with E-state index in [0.717, 1.165) is 24.1 Å². The van der Waals surface area contributed by atoms with Gasteiger partial charge in [-0.2, -0.15) is 0 Å². The van der Waals surface area contributed by atoms with Gasteiger partial charge in [-0.25, -0.2) is 9.97 Å². The summed E-state index contributed by atoms with van der Waals surface area (Å²) in [5.74, 6) is 0.692. The second kappa shape index (κ2) is 6.36. The van der Waals surface area contributed by atoms with E-state index in [1.165, 1.54) is 0 Å². The summed E-state index contributed by atoms with van der Waals surface area (Å²) in [7, 11) is 0. The van der Waals surface area contributed by atoms with E-state index in [4.69, 9.17) is 21.1 Å². The fraction of sp³-hybridized carbons (Fsp3) is 0.412. The van der Waals surface area contributed by atoms with E-state index in [2.05, 4.69) is 10.1 Å². The van der Waals surface area contributed by atoms with Crippen molar-refractivity contribution in [3.05, 3.63) is 39.1 Å². The molecular formula is C17H19ClN4O2. The van der Waals surface area contributed by atoms with Gasteiger partial charge in [0.05, 0.1) is 17.0 Å². The third kappa shape index (κ3) is 2.60. The Bertz CT molecular complexity index is 938. The van der Waals surface area contributed by atoms with E-state index in [1.807, 2.05) is 39.8 Å². The molecule has 3 rings (SSSR count). The van der Waals surface area contributed by atoms with E-state index in [-0.39, 0.29) is 16.8 Å². The summed E-state index contributed by atoms with van der Waals surface area (Å²) in [6, 6.07) is 3.70. The van der Waals surface area contributed by atoms with E-state index in [0.29, 0.717) is 22.6 Å². The number of fused-ring (bicyclic) bond motifs is 1. The van der Waals surface area contributed by atoms with Crippen LogP contribution in [0.2, 0.25) is 5.15 Å². The van der Waals surface area contributed by atoms with Crippen LogP contribution in [0.4, 0.5) is 0 Å². The van der Waals surface area contributed by atoms with Crippen LogP contribution in [-0.2, 0) is 0 Å². The predicted octanol–water partition coefficient (Wildman–Crippen LogP) is 4.08. The van der Waals surface area contributed by atoms with Gasteiger partial charge in [0.25, 0.3) is 5.56 Å². The zero-order chi connectivity index (χ0) is 17.4. The van der Waals surface area contributed by atoms with Crippen molar-refractivity contribution in [2.45, 2.75) is 46.6 Å². The maximum atomic E-state index is 12.6. The standard InChI is InChI=1S/C17H19ClN4O2/c1-5-11(6-2)22-16-13(19-15(18)17(22)23)8-7-12(20-16)14-9(3)21-24-10(14)4/h7-8,11H,5-6H2,1-4H3. The molecule has 126 valence electrons. The Balaban J connectivity index is 2.34. The Morgan fingerprint density at radius 1 is 1.21 bits per heavy atom. The molecule has 0 saturated carbocycles. The van der Waals surface area contributed by atoms with Crippen LogP contribution in [-0.4, -0.2) is 19.7 Å². The number of aromatic nitrogens is 4. The molecule has 0 aliphatic heterocycles. The number of pyridine rings is 1. The Kier molecular flexibility index (Phi) is 4.41. The summed E-state index contributed by atoms with van der Waals surface area (Å²) >= 11 is 6.04. The molecule has 0 saturated heterocycles. The molecule has 3 aromatic heterocycles. The van der Waals surface area contributed by atoms with Crippen LogP contribution in [0.1, 0.15) is 44.2 Å². The fourth-order valence-electron chi connectivity index (χ4n) is 3.04. The molecular weight excluding hydrogens is 328 g/mol. The fourth-order valence-corrected chi connectivity index (χ4v) is 3.22. The molecule has 0 unspecified atom stereocenters. The number of aryl methyl sites for hydroxylation is 2. The van der Waals surface area contributed by atoms with Crippen molar-refractivity contribution in [3.8, 4) is 11.3 Å². The van der Waals surface area contributed by atoms with Gasteiger partial charge in [-0.05, 0) is 38.8 Å². The second-order valence-corrected chi connectivity index (χ2v) is 6.14. The molecule has 6 nitrogen and oxygen atoms in total. The van der Waals surface area contributed by atoms with Crippen molar-refractivity contribution in [1.82, 2.24) is 19.7 Å². The predicted molar refractivity (Wildman–Crippen MR) is 93.4 cm³/mol. The van der Waals surface area contributed by atoms with Gasteiger partial charge in [-0.3, -0.25) is 9.36 Å². The van der Waals surface area contributed by atoms with Crippen molar-refractivity contribution < 1.29 is 4.52 Å². The summed E-state index contributed by atoms with van der Waals surface area (Å²) in [5, 5.41) is 3.95. The summed E-state index contributed by atoms with van der Waals surface area (Å²) in [5.41, 5.74) is 3.15. The molecule has 0 N–H and O–H groups in total. The highest BCUT2D eigenvalue weighted by molar-refractivity contribution is 6.29. The normalized spacial score (nSPS) is 11.6. The lowest BCUT2D eigenvalue weighted by molar-refractivity contribution is 0.393. The minimum Gasteiger partial charge on any atom is -0.361 e. The molecule has 0 radical (unpaired) electrons. The highest BCUT2D eigenvalue weighted by Crippen LogP contribution is 2.28. The quantitative estimate of drug-likeness (QED) is 0.711. The van der Waals surface area contributed by atoms with Gasteiger partial charge in [-0.15, -0.1) is 0 Å². The number of halogens is 1. The van der Waals surface area contributed by atoms with Crippen molar-refractivity contribution in [2.24, 2.45) is 0 Å². The lowest BCUT2D eigenvalue weighted by Crippen LogP contribution is -2.26. The third-order valence-electron chi connectivity index (χ3n) is 4.29. The monoisotopic (exact) mass is 346 g/mol. The first-order chi connectivity index (χ1) is 11.5. The molecule has 0 bridgehead atoms. The Morgan fingerprint density at radius 3 is 2.50 bits per heavy atom. The van der Waals surface area contributed by atoms with Gasteiger partial charge < -0.3 is 4.52 Å². The lowest BCUT2D eigenvalue weighted by Gasteiger charge is -2.18. The molecule has 3 heterocycles. The summed E-state index contributed by atoms with van der Waals surface area (Å²) < 4.78 is 6.89. The van der Waals surface area contributed by atoms with Gasteiger partial charge in [0.2, 0.25) is 0 Å². The molecule has 24 heavy (non-hydrogen) atoms. The highest BCUT2D eigenvalue weighted by atomic mass is 35.5. The molecule has 0 atom stereocenters. The molecule has 0 amide bonds. The second-order valence-electron chi connectivity index (χ2n) is 5.79. The van der Waals surface area contributed by atoms with Crippen LogP contribution < -0.4 is 5.56 Å². The molecule has 0 fully saturated rings. The first-order valence-corrected chi connectivity index (χ1v) is 8.37. The molecule has 0 aliphatic carbocycles. The van der Waals surface area contributed by atoms with Crippen molar-refractivity contribution >= 4 is 22.8 Å². The maximum absolute atomic E-state index is 12.6. The smallest absolute Gasteiger partial charge is 0.290 e. The Hall–Kier alpha value is -2.21. The molecule has 0 spiro atoms. The van der Waals surface area contributed by atoms with Crippen LogP contribution in [0.5, 0.6) is 0 Å². The average Bonchev–Trinajstić information content (AvgIpc) is 2.90. The maximum Gasteiger partial charge on any atom is 0.290 e. The van der Waals surface area contributed by atoms with Crippen LogP contribution in [0.15, 0.2) is 21.5 Å². The zero-order valence-electron chi connectivity index (χ0n) is 14.1. The van der Waals surface area contributed by atoms with Gasteiger partial charge in [0.15, 0.2) is 10.8 Å². The van der Waals surface area contributed by atoms with Gasteiger partial charge in [0.1, 0.15) is 11.3 Å². The van der Waals surface area contributed by atoms with Gasteiger partial charge in [0, 0.05) is 6.04 Å². The summed E-state index contributed by atoms with van der Waals surface area (Å²) in [6.45, 7) is 7.79. The number of nitrogens with zero attached hydrogens (tertiary/aromatic N) is 4. The topological polar surface area (TPSA) is 73.8 Å². The third-order valence-corrected chi connectivity index (χ3v) is 4.54. The molecule has 0 aromatic carbocycles. The minimum atomic E-state index is -0.304. The average molecular weight is 347 g/mol. The van der Waals surface area contributed by atoms with Gasteiger partial charge >= 0.3 is 0 Å². The van der Waals surface area contributed by atoms with Gasteiger partial charge in [-0.1, -0.05) is 30.6 Å². The number of hydrogen-bond acceptors (Lipinski definition) is 5. The van der Waals surface area contributed by atoms with E-state index in [1.54, 1.807) is 4.57 Å². The van der Waals surface area contributed by atoms with Crippen molar-refractivity contribution in [2.75, 3.05) is 0 Å². The van der Waals surface area contributed by atoms with Crippen LogP contribution >= 0.6 is 11.6 Å². The first kappa shape index (κ1) is 16.6. The Labute approximate surface area is 144 Å². The van der Waals surface area contributed by atoms with E-state index >= 15 is 0 Å². The van der Waals surface area contributed by atoms with E-state index in [9.17, 15) is 4.79 Å². The van der Waals surface area contributed by atoms with Crippen molar-refractivity contribution in [1.29, 1.82) is 0 Å². The first-order valence-electron chi connectivity index (χ1n) is 7.99. The van der Waals surface area contributed by atoms with Crippen LogP contribution in [0, 0.1) is 13.8 Å². The largest absolute Gasteiger partial charge is 0.361 e. The number of rotatable bonds is 4. The number of hydrogen-bond donors (Lipinski definition) is 0. The molecule has 3 aromatic rings. The summed E-state index contributed by atoms with van der Waals surface area (Å²) in [6.07, 6.45) is 1.62. The lowest BCUT2D eigenvalue weighted by atomic mass is 10.1. The summed E-state index contributed by atoms with van der Waals surface area (Å²) in [4.78, 5) is 21.5. The van der Waals surface area contributed by atoms with E-state index < -0.39 is 0 Å². The molecule has 7 heteroatoms.